The summed E-state index contributed by atoms with van der Waals surface area (Å²) in [5.74, 6) is -1.62. The summed E-state index contributed by atoms with van der Waals surface area (Å²) >= 11 is 0. The minimum Gasteiger partial charge on any atom is -0.378 e. The number of rotatable bonds is 5. The number of anilines is 3. The maximum absolute atomic E-state index is 13.7. The summed E-state index contributed by atoms with van der Waals surface area (Å²) < 4.78 is 5.42. The number of hydrogen-bond donors (Lipinski definition) is 0. The third-order valence-corrected chi connectivity index (χ3v) is 6.15. The maximum atomic E-state index is 13.7. The fourth-order valence-electron chi connectivity index (χ4n) is 4.36. The third-order valence-electron chi connectivity index (χ3n) is 6.15. The molecule has 0 aliphatic carbocycles. The fraction of sp³-hybridized carbons (Fsp3) is 0.148. The lowest BCUT2D eigenvalue weighted by Gasteiger charge is -2.34. The minimum absolute atomic E-state index is 0.185. The van der Waals surface area contributed by atoms with Crippen LogP contribution in [0.25, 0.3) is 6.08 Å². The van der Waals surface area contributed by atoms with Crippen LogP contribution in [0.15, 0.2) is 84.4 Å². The van der Waals surface area contributed by atoms with E-state index in [0.29, 0.717) is 48.9 Å². The Bertz CT molecular complexity index is 1340. The zero-order chi connectivity index (χ0) is 25.9. The Morgan fingerprint density at radius 1 is 0.784 bits per heavy atom. The molecule has 0 spiro atoms. The Balaban J connectivity index is 1.67. The number of non-ortho nitro benzene ring substituents is 1. The largest absolute Gasteiger partial charge is 0.378 e. The monoisotopic (exact) mass is 498 g/mol. The molecule has 2 aliphatic heterocycles. The quantitative estimate of drug-likeness (QED) is 0.226. The smallest absolute Gasteiger partial charge is 0.343 e. The zero-order valence-electron chi connectivity index (χ0n) is 19.6. The number of barbiturate groups is 1. The lowest BCUT2D eigenvalue weighted by molar-refractivity contribution is -0.384. The maximum Gasteiger partial charge on any atom is 0.343 e. The van der Waals surface area contributed by atoms with Gasteiger partial charge in [0.2, 0.25) is 0 Å². The van der Waals surface area contributed by atoms with Gasteiger partial charge in [-0.15, -0.1) is 0 Å². The highest BCUT2D eigenvalue weighted by atomic mass is 16.6. The average molecular weight is 498 g/mol. The van der Waals surface area contributed by atoms with Crippen LogP contribution in [0.3, 0.4) is 0 Å². The molecular weight excluding hydrogens is 476 g/mol. The first-order valence-corrected chi connectivity index (χ1v) is 11.6. The number of urea groups is 1. The van der Waals surface area contributed by atoms with E-state index in [4.69, 9.17) is 4.74 Å². The lowest BCUT2D eigenvalue weighted by atomic mass is 10.0. The fourth-order valence-corrected chi connectivity index (χ4v) is 4.36. The van der Waals surface area contributed by atoms with E-state index < -0.39 is 22.8 Å². The number of nitro groups is 1. The summed E-state index contributed by atoms with van der Waals surface area (Å²) in [7, 11) is 0. The molecule has 0 saturated carbocycles. The van der Waals surface area contributed by atoms with Crippen LogP contribution >= 0.6 is 0 Å². The van der Waals surface area contributed by atoms with Crippen molar-refractivity contribution in [2.24, 2.45) is 0 Å². The Morgan fingerprint density at radius 2 is 1.32 bits per heavy atom. The number of hydrogen-bond acceptors (Lipinski definition) is 7. The highest BCUT2D eigenvalue weighted by Gasteiger charge is 2.43. The van der Waals surface area contributed by atoms with Gasteiger partial charge in [0.15, 0.2) is 0 Å². The Morgan fingerprint density at radius 3 is 1.84 bits per heavy atom. The molecule has 186 valence electrons. The van der Waals surface area contributed by atoms with E-state index in [-0.39, 0.29) is 11.3 Å². The molecule has 2 heterocycles. The van der Waals surface area contributed by atoms with Crippen molar-refractivity contribution in [1.82, 2.24) is 0 Å². The topological polar surface area (TPSA) is 113 Å². The van der Waals surface area contributed by atoms with E-state index in [1.54, 1.807) is 66.7 Å². The van der Waals surface area contributed by atoms with Gasteiger partial charge in [-0.3, -0.25) is 19.7 Å². The van der Waals surface area contributed by atoms with Crippen molar-refractivity contribution in [2.75, 3.05) is 41.0 Å². The van der Waals surface area contributed by atoms with E-state index in [1.807, 2.05) is 4.90 Å². The van der Waals surface area contributed by atoms with Gasteiger partial charge < -0.3 is 9.64 Å². The van der Waals surface area contributed by atoms with Gasteiger partial charge in [0.05, 0.1) is 29.5 Å². The molecule has 3 aromatic carbocycles. The summed E-state index contributed by atoms with van der Waals surface area (Å²) in [4.78, 5) is 55.6. The van der Waals surface area contributed by atoms with Crippen LogP contribution in [0.1, 0.15) is 5.56 Å². The van der Waals surface area contributed by atoms with Crippen molar-refractivity contribution in [3.63, 3.8) is 0 Å². The second-order valence-corrected chi connectivity index (χ2v) is 8.39. The molecule has 4 amide bonds. The molecule has 0 unspecified atom stereocenters. The minimum atomic E-state index is -0.812. The summed E-state index contributed by atoms with van der Waals surface area (Å²) in [5, 5.41) is 11.5. The molecule has 0 aromatic heterocycles. The number of nitro benzene ring substituents is 1. The summed E-state index contributed by atoms with van der Waals surface area (Å²) in [6, 6.07) is 20.1. The average Bonchev–Trinajstić information content (AvgIpc) is 2.92. The van der Waals surface area contributed by atoms with Crippen LogP contribution in [0.4, 0.5) is 27.5 Å². The summed E-state index contributed by atoms with van der Waals surface area (Å²) in [5.41, 5.74) is 1.06. The number of morpholine rings is 1. The molecular formula is C27H22N4O6. The highest BCUT2D eigenvalue weighted by molar-refractivity contribution is 6.46. The van der Waals surface area contributed by atoms with Gasteiger partial charge in [-0.2, -0.15) is 0 Å². The van der Waals surface area contributed by atoms with E-state index >= 15 is 0 Å². The number of imide groups is 2. The Hall–Kier alpha value is -4.83. The van der Waals surface area contributed by atoms with Crippen LogP contribution in [0.5, 0.6) is 0 Å². The standard InChI is InChI=1S/C27H22N4O6/c32-25-23(18-19-17-22(31(35)36)11-12-24(19)28-13-15-37-16-14-28)26(33)30(21-9-5-2-6-10-21)27(34)29(25)20-7-3-1-4-8-20/h1-12,17-18H,13-16H2. The predicted molar refractivity (Wildman–Crippen MR) is 137 cm³/mol. The normalized spacial score (nSPS) is 16.3. The SMILES string of the molecule is O=C1C(=Cc2cc([N+](=O)[O-])ccc2N2CCOCC2)C(=O)N(c2ccccc2)C(=O)N1c1ccccc1. The first-order chi connectivity index (χ1) is 18.0. The Labute approximate surface area is 212 Å². The summed E-state index contributed by atoms with van der Waals surface area (Å²) in [6.45, 7) is 2.03. The van der Waals surface area contributed by atoms with Gasteiger partial charge in [0.25, 0.3) is 17.5 Å². The second kappa shape index (κ2) is 10.0. The highest BCUT2D eigenvalue weighted by Crippen LogP contribution is 2.33. The van der Waals surface area contributed by atoms with Crippen LogP contribution in [-0.4, -0.2) is 49.1 Å². The number of carbonyl (C=O) groups excluding carboxylic acids is 3. The van der Waals surface area contributed by atoms with Gasteiger partial charge in [-0.25, -0.2) is 14.6 Å². The van der Waals surface area contributed by atoms with Gasteiger partial charge in [-0.1, -0.05) is 36.4 Å². The van der Waals surface area contributed by atoms with Gasteiger partial charge in [0, 0.05) is 36.5 Å². The number of benzene rings is 3. The van der Waals surface area contributed by atoms with Gasteiger partial charge in [-0.05, 0) is 36.4 Å². The van der Waals surface area contributed by atoms with Crippen molar-refractivity contribution in [1.29, 1.82) is 0 Å². The zero-order valence-corrected chi connectivity index (χ0v) is 19.6. The van der Waals surface area contributed by atoms with Gasteiger partial charge in [0.1, 0.15) is 5.57 Å². The molecule has 2 fully saturated rings. The molecule has 10 heteroatoms. The van der Waals surface area contributed by atoms with Crippen LogP contribution in [0.2, 0.25) is 0 Å². The van der Waals surface area contributed by atoms with E-state index in [1.165, 1.54) is 18.2 Å². The summed E-state index contributed by atoms with van der Waals surface area (Å²) in [6.07, 6.45) is 1.33. The molecule has 3 aromatic rings. The molecule has 0 bridgehead atoms. The number of nitrogens with zero attached hydrogens (tertiary/aromatic N) is 4. The number of carbonyl (C=O) groups is 3. The van der Waals surface area contributed by atoms with Crippen LogP contribution < -0.4 is 14.7 Å². The predicted octanol–water partition coefficient (Wildman–Crippen LogP) is 4.01. The molecule has 5 rings (SSSR count). The molecule has 10 nitrogen and oxygen atoms in total. The van der Waals surface area contributed by atoms with E-state index in [2.05, 4.69) is 0 Å². The van der Waals surface area contributed by atoms with E-state index in [9.17, 15) is 24.5 Å². The Kier molecular flexibility index (Phi) is 6.48. The number of para-hydroxylation sites is 2. The van der Waals surface area contributed by atoms with Crippen molar-refractivity contribution in [3.05, 3.63) is 100 Å². The third kappa shape index (κ3) is 4.57. The van der Waals surface area contributed by atoms with Crippen LogP contribution in [0, 0.1) is 10.1 Å². The van der Waals surface area contributed by atoms with Crippen molar-refractivity contribution in [2.45, 2.75) is 0 Å². The molecule has 0 radical (unpaired) electrons. The first-order valence-electron chi connectivity index (χ1n) is 11.6. The lowest BCUT2D eigenvalue weighted by Crippen LogP contribution is -2.57. The van der Waals surface area contributed by atoms with Gasteiger partial charge >= 0.3 is 6.03 Å². The van der Waals surface area contributed by atoms with Crippen molar-refractivity contribution in [3.8, 4) is 0 Å². The number of ether oxygens (including phenoxy) is 1. The van der Waals surface area contributed by atoms with Crippen molar-refractivity contribution >= 4 is 46.7 Å². The van der Waals surface area contributed by atoms with E-state index in [0.717, 1.165) is 9.80 Å². The van der Waals surface area contributed by atoms with Crippen molar-refractivity contribution < 1.29 is 24.0 Å². The molecule has 0 atom stereocenters. The molecule has 2 saturated heterocycles. The molecule has 2 aliphatic rings. The first kappa shape index (κ1) is 23.9. The number of amides is 4. The van der Waals surface area contributed by atoms with Crippen LogP contribution in [-0.2, 0) is 14.3 Å². The second-order valence-electron chi connectivity index (χ2n) is 8.39. The molecule has 37 heavy (non-hydrogen) atoms. The molecule has 0 N–H and O–H groups in total.